The molecule has 1 fully saturated rings. The van der Waals surface area contributed by atoms with Gasteiger partial charge in [0, 0.05) is 49.5 Å². The summed E-state index contributed by atoms with van der Waals surface area (Å²) in [4.78, 5) is 29.1. The van der Waals surface area contributed by atoms with Gasteiger partial charge in [0.2, 0.25) is 5.91 Å². The standard InChI is InChI=1S/C25H26ClN3O2/c1-5-23(30)29-14-12-25(16-29,21-7-6-8-22(26)17(21)2)28(4)19-10-9-18-11-13-27(3)24(31)20(18)15-19/h5-11,13,15H,1,12,14,16H2,2-4H3. The SMILES string of the molecule is C=CC(=O)N1CCC(c2cccc(Cl)c2C)(N(C)c2ccc3ccn(C)c(=O)c3c2)C1. The number of aromatic nitrogens is 1. The molecule has 2 aromatic carbocycles. The van der Waals surface area contributed by atoms with Crippen molar-refractivity contribution in [3.8, 4) is 0 Å². The van der Waals surface area contributed by atoms with Crippen molar-refractivity contribution in [1.29, 1.82) is 0 Å². The highest BCUT2D eigenvalue weighted by atomic mass is 35.5. The van der Waals surface area contributed by atoms with Crippen molar-refractivity contribution in [1.82, 2.24) is 9.47 Å². The number of hydrogen-bond donors (Lipinski definition) is 0. The van der Waals surface area contributed by atoms with Crippen LogP contribution in [0.3, 0.4) is 0 Å². The van der Waals surface area contributed by atoms with Crippen molar-refractivity contribution < 1.29 is 4.79 Å². The number of amides is 1. The first kappa shape index (κ1) is 21.2. The molecule has 2 heterocycles. The highest BCUT2D eigenvalue weighted by Crippen LogP contribution is 2.43. The number of carbonyl (C=O) groups excluding carboxylic acids is 1. The molecule has 0 radical (unpaired) electrons. The molecule has 0 saturated carbocycles. The van der Waals surface area contributed by atoms with Crippen LogP contribution in [0.15, 0.2) is 66.1 Å². The maximum absolute atomic E-state index is 12.7. The number of aryl methyl sites for hydroxylation is 1. The van der Waals surface area contributed by atoms with E-state index in [0.29, 0.717) is 23.5 Å². The van der Waals surface area contributed by atoms with E-state index in [1.807, 2.05) is 55.3 Å². The number of anilines is 1. The normalized spacial score (nSPS) is 18.4. The Kier molecular flexibility index (Phi) is 5.40. The van der Waals surface area contributed by atoms with Gasteiger partial charge in [-0.2, -0.15) is 0 Å². The number of carbonyl (C=O) groups is 1. The van der Waals surface area contributed by atoms with Gasteiger partial charge in [0.1, 0.15) is 0 Å². The molecule has 1 aliphatic heterocycles. The lowest BCUT2D eigenvalue weighted by Crippen LogP contribution is -2.47. The van der Waals surface area contributed by atoms with E-state index in [1.165, 1.54) is 6.08 Å². The number of halogens is 1. The van der Waals surface area contributed by atoms with Gasteiger partial charge in [-0.05, 0) is 60.2 Å². The minimum atomic E-state index is -0.471. The van der Waals surface area contributed by atoms with Crippen molar-refractivity contribution in [3.63, 3.8) is 0 Å². The van der Waals surface area contributed by atoms with Crippen LogP contribution < -0.4 is 10.5 Å². The molecule has 5 nitrogen and oxygen atoms in total. The van der Waals surface area contributed by atoms with Gasteiger partial charge in [0.05, 0.1) is 5.54 Å². The number of likely N-dealkylation sites (tertiary alicyclic amines) is 1. The van der Waals surface area contributed by atoms with Gasteiger partial charge in [-0.1, -0.05) is 36.4 Å². The van der Waals surface area contributed by atoms with Crippen LogP contribution in [0.5, 0.6) is 0 Å². The Hall–Kier alpha value is -3.05. The summed E-state index contributed by atoms with van der Waals surface area (Å²) in [6.45, 7) is 6.80. The predicted octanol–water partition coefficient (Wildman–Crippen LogP) is 4.25. The molecule has 1 unspecified atom stereocenters. The van der Waals surface area contributed by atoms with E-state index in [0.717, 1.165) is 28.6 Å². The Morgan fingerprint density at radius 3 is 2.77 bits per heavy atom. The van der Waals surface area contributed by atoms with Crippen LogP contribution in [0.4, 0.5) is 5.69 Å². The first-order valence-corrected chi connectivity index (χ1v) is 10.7. The molecule has 0 spiro atoms. The van der Waals surface area contributed by atoms with E-state index in [4.69, 9.17) is 11.6 Å². The van der Waals surface area contributed by atoms with Crippen molar-refractivity contribution in [3.05, 3.63) is 87.8 Å². The Balaban J connectivity index is 1.88. The maximum Gasteiger partial charge on any atom is 0.258 e. The molecular formula is C25H26ClN3O2. The Morgan fingerprint density at radius 1 is 1.26 bits per heavy atom. The number of rotatable bonds is 4. The highest BCUT2D eigenvalue weighted by Gasteiger charge is 2.45. The minimum Gasteiger partial charge on any atom is -0.363 e. The third-order valence-corrected chi connectivity index (χ3v) is 7.01. The van der Waals surface area contributed by atoms with E-state index in [1.54, 1.807) is 17.8 Å². The van der Waals surface area contributed by atoms with Crippen LogP contribution in [0.1, 0.15) is 17.5 Å². The molecule has 3 aromatic rings. The molecule has 0 N–H and O–H groups in total. The van der Waals surface area contributed by atoms with Crippen molar-refractivity contribution >= 4 is 34.0 Å². The number of fused-ring (bicyclic) bond motifs is 1. The lowest BCUT2D eigenvalue weighted by molar-refractivity contribution is -0.125. The second kappa shape index (κ2) is 7.89. The largest absolute Gasteiger partial charge is 0.363 e. The lowest BCUT2D eigenvalue weighted by atomic mass is 9.84. The zero-order valence-electron chi connectivity index (χ0n) is 18.1. The fourth-order valence-electron chi connectivity index (χ4n) is 4.68. The summed E-state index contributed by atoms with van der Waals surface area (Å²) in [7, 11) is 3.78. The van der Waals surface area contributed by atoms with E-state index < -0.39 is 5.54 Å². The van der Waals surface area contributed by atoms with E-state index in [-0.39, 0.29) is 11.5 Å². The fraction of sp³-hybridized carbons (Fsp3) is 0.280. The Morgan fingerprint density at radius 2 is 2.03 bits per heavy atom. The molecule has 0 aliphatic carbocycles. The van der Waals surface area contributed by atoms with Gasteiger partial charge in [-0.25, -0.2) is 0 Å². The first-order chi connectivity index (χ1) is 14.8. The van der Waals surface area contributed by atoms with Crippen molar-refractivity contribution in [2.24, 2.45) is 7.05 Å². The molecule has 160 valence electrons. The van der Waals surface area contributed by atoms with Gasteiger partial charge in [-0.15, -0.1) is 0 Å². The van der Waals surface area contributed by atoms with Crippen LogP contribution in [0.25, 0.3) is 10.8 Å². The molecule has 1 saturated heterocycles. The number of benzene rings is 2. The third-order valence-electron chi connectivity index (χ3n) is 6.60. The second-order valence-corrected chi connectivity index (χ2v) is 8.63. The summed E-state index contributed by atoms with van der Waals surface area (Å²) in [6.07, 6.45) is 3.89. The molecule has 0 bridgehead atoms. The van der Waals surface area contributed by atoms with Crippen LogP contribution in [-0.4, -0.2) is 35.5 Å². The smallest absolute Gasteiger partial charge is 0.258 e. The first-order valence-electron chi connectivity index (χ1n) is 10.3. The van der Waals surface area contributed by atoms with E-state index in [9.17, 15) is 9.59 Å². The quantitative estimate of drug-likeness (QED) is 0.575. The molecule has 31 heavy (non-hydrogen) atoms. The zero-order chi connectivity index (χ0) is 22.3. The molecule has 6 heteroatoms. The Labute approximate surface area is 187 Å². The highest BCUT2D eigenvalue weighted by molar-refractivity contribution is 6.31. The van der Waals surface area contributed by atoms with Crippen LogP contribution in [0.2, 0.25) is 5.02 Å². The summed E-state index contributed by atoms with van der Waals surface area (Å²) in [5, 5.41) is 2.28. The van der Waals surface area contributed by atoms with Gasteiger partial charge >= 0.3 is 0 Å². The monoisotopic (exact) mass is 435 g/mol. The maximum atomic E-state index is 12.7. The van der Waals surface area contributed by atoms with Crippen molar-refractivity contribution in [2.45, 2.75) is 18.9 Å². The molecular weight excluding hydrogens is 410 g/mol. The predicted molar refractivity (Wildman–Crippen MR) is 127 cm³/mol. The average molecular weight is 436 g/mol. The fourth-order valence-corrected chi connectivity index (χ4v) is 4.85. The van der Waals surface area contributed by atoms with Crippen LogP contribution in [-0.2, 0) is 17.4 Å². The summed E-state index contributed by atoms with van der Waals surface area (Å²) in [6, 6.07) is 13.8. The summed E-state index contributed by atoms with van der Waals surface area (Å²) >= 11 is 6.49. The lowest BCUT2D eigenvalue weighted by Gasteiger charge is -2.42. The molecule has 1 amide bonds. The number of nitrogens with zero attached hydrogens (tertiary/aromatic N) is 3. The van der Waals surface area contributed by atoms with Gasteiger partial charge in [0.15, 0.2) is 0 Å². The average Bonchev–Trinajstić information content (AvgIpc) is 3.23. The van der Waals surface area contributed by atoms with Crippen LogP contribution >= 0.6 is 11.6 Å². The van der Waals surface area contributed by atoms with Crippen LogP contribution in [0, 0.1) is 6.92 Å². The van der Waals surface area contributed by atoms with Gasteiger partial charge < -0.3 is 14.4 Å². The molecule has 4 rings (SSSR count). The number of pyridine rings is 1. The molecule has 1 aromatic heterocycles. The molecule has 1 atom stereocenters. The van der Waals surface area contributed by atoms with Crippen molar-refractivity contribution in [2.75, 3.05) is 25.0 Å². The summed E-state index contributed by atoms with van der Waals surface area (Å²) in [5.41, 5.74) is 2.50. The van der Waals surface area contributed by atoms with E-state index in [2.05, 4.69) is 17.5 Å². The Bertz CT molecular complexity index is 1250. The van der Waals surface area contributed by atoms with Gasteiger partial charge in [-0.3, -0.25) is 9.59 Å². The molecule has 1 aliphatic rings. The summed E-state index contributed by atoms with van der Waals surface area (Å²) < 4.78 is 1.59. The van der Waals surface area contributed by atoms with E-state index >= 15 is 0 Å². The van der Waals surface area contributed by atoms with Gasteiger partial charge in [0.25, 0.3) is 5.56 Å². The summed E-state index contributed by atoms with van der Waals surface area (Å²) in [5.74, 6) is -0.0812. The zero-order valence-corrected chi connectivity index (χ0v) is 18.8. The minimum absolute atomic E-state index is 0.0318. The number of hydrogen-bond acceptors (Lipinski definition) is 3. The topological polar surface area (TPSA) is 45.6 Å². The number of likely N-dealkylation sites (N-methyl/N-ethyl adjacent to an activating group) is 1. The second-order valence-electron chi connectivity index (χ2n) is 8.22. The third kappa shape index (κ3) is 3.43.